The summed E-state index contributed by atoms with van der Waals surface area (Å²) < 4.78 is 2.12. The van der Waals surface area contributed by atoms with Crippen molar-refractivity contribution < 1.29 is 4.79 Å². The van der Waals surface area contributed by atoms with Gasteiger partial charge in [0.15, 0.2) is 0 Å². The smallest absolute Gasteiger partial charge is 0.315 e. The molecule has 21 heavy (non-hydrogen) atoms. The summed E-state index contributed by atoms with van der Waals surface area (Å²) in [5.41, 5.74) is 2.16. The van der Waals surface area contributed by atoms with E-state index in [0.717, 1.165) is 17.1 Å². The molecule has 1 heterocycles. The third-order valence-electron chi connectivity index (χ3n) is 3.13. The number of aromatic nitrogens is 2. The number of urea groups is 1. The molecule has 2 aromatic rings. The number of carbonyl (C=O) groups excluding carboxylic acids is 1. The lowest BCUT2D eigenvalue weighted by Gasteiger charge is -2.13. The lowest BCUT2D eigenvalue weighted by atomic mass is 10.2. The Morgan fingerprint density at radius 1 is 1.29 bits per heavy atom. The molecule has 5 heteroatoms. The molecule has 0 aliphatic carbocycles. The van der Waals surface area contributed by atoms with Crippen LogP contribution in [-0.4, -0.2) is 28.2 Å². The molecule has 0 saturated carbocycles. The third kappa shape index (κ3) is 4.08. The highest BCUT2D eigenvalue weighted by atomic mass is 16.2. The molecular formula is C16H22N4O. The van der Waals surface area contributed by atoms with Crippen molar-refractivity contribution in [1.29, 1.82) is 0 Å². The number of rotatable bonds is 5. The van der Waals surface area contributed by atoms with Crippen molar-refractivity contribution >= 4 is 6.03 Å². The van der Waals surface area contributed by atoms with Crippen LogP contribution in [0.15, 0.2) is 36.5 Å². The molecule has 0 bridgehead atoms. The molecule has 0 unspecified atom stereocenters. The Morgan fingerprint density at radius 3 is 2.67 bits per heavy atom. The van der Waals surface area contributed by atoms with Crippen molar-refractivity contribution in [2.45, 2.75) is 33.4 Å². The topological polar surface area (TPSA) is 59.0 Å². The van der Waals surface area contributed by atoms with Crippen LogP contribution in [-0.2, 0) is 6.54 Å². The van der Waals surface area contributed by atoms with E-state index in [2.05, 4.69) is 20.2 Å². The zero-order chi connectivity index (χ0) is 15.2. The van der Waals surface area contributed by atoms with Crippen LogP contribution in [0.5, 0.6) is 0 Å². The van der Waals surface area contributed by atoms with Gasteiger partial charge in [-0.2, -0.15) is 0 Å². The molecule has 2 N–H and O–H groups in total. The quantitative estimate of drug-likeness (QED) is 0.887. The summed E-state index contributed by atoms with van der Waals surface area (Å²) in [6, 6.07) is 10.1. The van der Waals surface area contributed by atoms with Crippen molar-refractivity contribution in [2.24, 2.45) is 0 Å². The lowest BCUT2D eigenvalue weighted by molar-refractivity contribution is 0.238. The number of nitrogens with zero attached hydrogens (tertiary/aromatic N) is 2. The van der Waals surface area contributed by atoms with Gasteiger partial charge >= 0.3 is 6.03 Å². The van der Waals surface area contributed by atoms with Crippen LogP contribution < -0.4 is 10.6 Å². The second kappa shape index (κ2) is 6.92. The Morgan fingerprint density at radius 2 is 2.00 bits per heavy atom. The average Bonchev–Trinajstić information content (AvgIpc) is 2.80. The standard InChI is InChI=1S/C16H22N4O/c1-12(2)19-16(21)17-9-10-20-13(3)11-18-15(20)14-7-5-4-6-8-14/h4-8,11-12H,9-10H2,1-3H3,(H2,17,19,21). The van der Waals surface area contributed by atoms with Crippen LogP contribution >= 0.6 is 0 Å². The van der Waals surface area contributed by atoms with Crippen LogP contribution in [0.1, 0.15) is 19.5 Å². The molecule has 5 nitrogen and oxygen atoms in total. The van der Waals surface area contributed by atoms with Crippen molar-refractivity contribution in [3.8, 4) is 11.4 Å². The van der Waals surface area contributed by atoms with E-state index in [1.54, 1.807) is 0 Å². The molecule has 0 saturated heterocycles. The number of hydrogen-bond acceptors (Lipinski definition) is 2. The average molecular weight is 286 g/mol. The first-order valence-electron chi connectivity index (χ1n) is 7.20. The van der Waals surface area contributed by atoms with Gasteiger partial charge in [0.1, 0.15) is 5.82 Å². The van der Waals surface area contributed by atoms with E-state index < -0.39 is 0 Å². The maximum Gasteiger partial charge on any atom is 0.315 e. The third-order valence-corrected chi connectivity index (χ3v) is 3.13. The fourth-order valence-electron chi connectivity index (χ4n) is 2.16. The van der Waals surface area contributed by atoms with E-state index in [9.17, 15) is 4.79 Å². The summed E-state index contributed by atoms with van der Waals surface area (Å²) in [4.78, 5) is 16.0. The number of imidazole rings is 1. The van der Waals surface area contributed by atoms with Crippen molar-refractivity contribution in [3.05, 3.63) is 42.2 Å². The van der Waals surface area contributed by atoms with E-state index >= 15 is 0 Å². The number of amides is 2. The van der Waals surface area contributed by atoms with Crippen LogP contribution in [0.2, 0.25) is 0 Å². The number of hydrogen-bond donors (Lipinski definition) is 2. The van der Waals surface area contributed by atoms with E-state index in [0.29, 0.717) is 13.1 Å². The Bertz CT molecular complexity index is 590. The molecule has 0 aliphatic heterocycles. The zero-order valence-corrected chi connectivity index (χ0v) is 12.8. The number of benzene rings is 1. The Labute approximate surface area is 125 Å². The van der Waals surface area contributed by atoms with Crippen molar-refractivity contribution in [3.63, 3.8) is 0 Å². The van der Waals surface area contributed by atoms with Gasteiger partial charge in [0, 0.05) is 36.6 Å². The fraction of sp³-hybridized carbons (Fsp3) is 0.375. The first kappa shape index (κ1) is 15.1. The van der Waals surface area contributed by atoms with Gasteiger partial charge in [0.2, 0.25) is 0 Å². The van der Waals surface area contributed by atoms with Gasteiger partial charge in [0.05, 0.1) is 0 Å². The highest BCUT2D eigenvalue weighted by Gasteiger charge is 2.09. The van der Waals surface area contributed by atoms with E-state index in [1.807, 2.05) is 57.3 Å². The molecule has 1 aromatic heterocycles. The highest BCUT2D eigenvalue weighted by Crippen LogP contribution is 2.18. The van der Waals surface area contributed by atoms with Gasteiger partial charge in [0.25, 0.3) is 0 Å². The molecule has 0 spiro atoms. The summed E-state index contributed by atoms with van der Waals surface area (Å²) in [6.07, 6.45) is 1.86. The largest absolute Gasteiger partial charge is 0.336 e. The lowest BCUT2D eigenvalue weighted by Crippen LogP contribution is -2.40. The minimum Gasteiger partial charge on any atom is -0.336 e. The van der Waals surface area contributed by atoms with Gasteiger partial charge < -0.3 is 15.2 Å². The van der Waals surface area contributed by atoms with Crippen molar-refractivity contribution in [1.82, 2.24) is 20.2 Å². The summed E-state index contributed by atoms with van der Waals surface area (Å²) in [5, 5.41) is 5.67. The van der Waals surface area contributed by atoms with E-state index in [4.69, 9.17) is 0 Å². The number of nitrogens with one attached hydrogen (secondary N) is 2. The normalized spacial score (nSPS) is 10.7. The van der Waals surface area contributed by atoms with E-state index in [1.165, 1.54) is 0 Å². The molecule has 112 valence electrons. The summed E-state index contributed by atoms with van der Waals surface area (Å²) in [5.74, 6) is 0.930. The SMILES string of the molecule is Cc1cnc(-c2ccccc2)n1CCNC(=O)NC(C)C. The Kier molecular flexibility index (Phi) is 4.98. The van der Waals surface area contributed by atoms with Crippen LogP contribution in [0.25, 0.3) is 11.4 Å². The summed E-state index contributed by atoms with van der Waals surface area (Å²) >= 11 is 0. The Balaban J connectivity index is 2.01. The minimum atomic E-state index is -0.135. The first-order chi connectivity index (χ1) is 10.1. The van der Waals surface area contributed by atoms with Gasteiger partial charge in [-0.15, -0.1) is 0 Å². The molecule has 1 aromatic carbocycles. The maximum absolute atomic E-state index is 11.6. The van der Waals surface area contributed by atoms with Crippen molar-refractivity contribution in [2.75, 3.05) is 6.54 Å². The monoisotopic (exact) mass is 286 g/mol. The summed E-state index contributed by atoms with van der Waals surface area (Å²) in [6.45, 7) is 7.16. The van der Waals surface area contributed by atoms with Gasteiger partial charge in [-0.3, -0.25) is 0 Å². The maximum atomic E-state index is 11.6. The second-order valence-electron chi connectivity index (χ2n) is 5.30. The first-order valence-corrected chi connectivity index (χ1v) is 7.20. The molecule has 0 aliphatic rings. The van der Waals surface area contributed by atoms with Gasteiger partial charge in [-0.1, -0.05) is 30.3 Å². The molecule has 0 fully saturated rings. The zero-order valence-electron chi connectivity index (χ0n) is 12.8. The molecular weight excluding hydrogens is 264 g/mol. The predicted molar refractivity (Wildman–Crippen MR) is 84.1 cm³/mol. The Hall–Kier alpha value is -2.30. The second-order valence-corrected chi connectivity index (χ2v) is 5.30. The fourth-order valence-corrected chi connectivity index (χ4v) is 2.16. The van der Waals surface area contributed by atoms with Gasteiger partial charge in [-0.05, 0) is 20.8 Å². The highest BCUT2D eigenvalue weighted by molar-refractivity contribution is 5.74. The van der Waals surface area contributed by atoms with Crippen LogP contribution in [0, 0.1) is 6.92 Å². The van der Waals surface area contributed by atoms with Crippen LogP contribution in [0.3, 0.4) is 0 Å². The van der Waals surface area contributed by atoms with Gasteiger partial charge in [-0.25, -0.2) is 9.78 Å². The number of carbonyl (C=O) groups is 1. The van der Waals surface area contributed by atoms with Crippen LogP contribution in [0.4, 0.5) is 4.79 Å². The summed E-state index contributed by atoms with van der Waals surface area (Å²) in [7, 11) is 0. The number of aryl methyl sites for hydroxylation is 1. The molecule has 2 rings (SSSR count). The van der Waals surface area contributed by atoms with E-state index in [-0.39, 0.29) is 12.1 Å². The molecule has 0 atom stereocenters. The predicted octanol–water partition coefficient (Wildman–Crippen LogP) is 2.57. The minimum absolute atomic E-state index is 0.135. The molecule has 0 radical (unpaired) electrons. The molecule has 2 amide bonds.